The molecule has 0 spiro atoms. The zero-order chi connectivity index (χ0) is 15.1. The van der Waals surface area contributed by atoms with E-state index >= 15 is 0 Å². The number of benzene rings is 1. The number of aromatic amines is 1. The van der Waals surface area contributed by atoms with E-state index in [1.165, 1.54) is 11.1 Å². The van der Waals surface area contributed by atoms with Crippen LogP contribution in [0.1, 0.15) is 17.0 Å². The van der Waals surface area contributed by atoms with Crippen molar-refractivity contribution in [1.29, 1.82) is 0 Å². The maximum atomic E-state index is 11.8. The SMILES string of the molecule is Cc1ccccc1C[C@H](CO)CNC(=O)Cc1ncc[nH]1. The average Bonchev–Trinajstić information content (AvgIpc) is 2.98. The lowest BCUT2D eigenvalue weighted by molar-refractivity contribution is -0.120. The van der Waals surface area contributed by atoms with Crippen molar-refractivity contribution in [3.63, 3.8) is 0 Å². The zero-order valence-electron chi connectivity index (χ0n) is 12.2. The smallest absolute Gasteiger partial charge is 0.227 e. The minimum atomic E-state index is -0.0896. The summed E-state index contributed by atoms with van der Waals surface area (Å²) < 4.78 is 0. The van der Waals surface area contributed by atoms with Gasteiger partial charge in [0.2, 0.25) is 5.91 Å². The van der Waals surface area contributed by atoms with Crippen molar-refractivity contribution < 1.29 is 9.90 Å². The number of nitrogens with zero attached hydrogens (tertiary/aromatic N) is 1. The Kier molecular flexibility index (Phi) is 5.51. The minimum absolute atomic E-state index is 0.0200. The highest BCUT2D eigenvalue weighted by Crippen LogP contribution is 2.12. The minimum Gasteiger partial charge on any atom is -0.396 e. The van der Waals surface area contributed by atoms with E-state index < -0.39 is 0 Å². The monoisotopic (exact) mass is 287 g/mol. The van der Waals surface area contributed by atoms with E-state index in [1.54, 1.807) is 12.4 Å². The predicted molar refractivity (Wildman–Crippen MR) is 80.8 cm³/mol. The molecule has 0 saturated carbocycles. The highest BCUT2D eigenvalue weighted by atomic mass is 16.3. The van der Waals surface area contributed by atoms with Crippen LogP contribution in [0.2, 0.25) is 0 Å². The summed E-state index contributed by atoms with van der Waals surface area (Å²) in [5.41, 5.74) is 2.41. The molecule has 1 heterocycles. The molecule has 0 bridgehead atoms. The lowest BCUT2D eigenvalue weighted by Crippen LogP contribution is -2.33. The van der Waals surface area contributed by atoms with Gasteiger partial charge in [-0.15, -0.1) is 0 Å². The topological polar surface area (TPSA) is 78.0 Å². The summed E-state index contributed by atoms with van der Waals surface area (Å²) in [6.45, 7) is 2.57. The second kappa shape index (κ2) is 7.59. The number of rotatable bonds is 7. The largest absolute Gasteiger partial charge is 0.396 e. The summed E-state index contributed by atoms with van der Waals surface area (Å²) in [5, 5.41) is 12.3. The van der Waals surface area contributed by atoms with Crippen LogP contribution in [-0.4, -0.2) is 34.1 Å². The van der Waals surface area contributed by atoms with Crippen molar-refractivity contribution in [1.82, 2.24) is 15.3 Å². The third-order valence-electron chi connectivity index (χ3n) is 3.50. The second-order valence-corrected chi connectivity index (χ2v) is 5.20. The Balaban J connectivity index is 1.82. The summed E-state index contributed by atoms with van der Waals surface area (Å²) in [5.74, 6) is 0.576. The van der Waals surface area contributed by atoms with Crippen LogP contribution in [0.3, 0.4) is 0 Å². The molecule has 0 aliphatic carbocycles. The van der Waals surface area contributed by atoms with Gasteiger partial charge in [0.05, 0.1) is 6.42 Å². The lowest BCUT2D eigenvalue weighted by Gasteiger charge is -2.16. The van der Waals surface area contributed by atoms with Gasteiger partial charge in [0.1, 0.15) is 5.82 Å². The second-order valence-electron chi connectivity index (χ2n) is 5.20. The van der Waals surface area contributed by atoms with Crippen LogP contribution in [-0.2, 0) is 17.6 Å². The Morgan fingerprint density at radius 3 is 2.90 bits per heavy atom. The van der Waals surface area contributed by atoms with Crippen molar-refractivity contribution in [3.05, 3.63) is 53.6 Å². The number of hydrogen-bond acceptors (Lipinski definition) is 3. The van der Waals surface area contributed by atoms with E-state index in [9.17, 15) is 9.90 Å². The summed E-state index contributed by atoms with van der Waals surface area (Å²) in [6.07, 6.45) is 4.30. The Morgan fingerprint density at radius 1 is 1.43 bits per heavy atom. The maximum absolute atomic E-state index is 11.8. The molecule has 0 aliphatic rings. The van der Waals surface area contributed by atoms with Gasteiger partial charge in [-0.05, 0) is 24.5 Å². The fourth-order valence-corrected chi connectivity index (χ4v) is 2.22. The molecule has 2 aromatic rings. The van der Waals surface area contributed by atoms with Gasteiger partial charge in [0.15, 0.2) is 0 Å². The molecule has 1 atom stereocenters. The number of imidazole rings is 1. The number of aryl methyl sites for hydroxylation is 1. The number of carbonyl (C=O) groups is 1. The molecule has 0 fully saturated rings. The van der Waals surface area contributed by atoms with E-state index in [0.29, 0.717) is 12.4 Å². The zero-order valence-corrected chi connectivity index (χ0v) is 12.2. The molecular weight excluding hydrogens is 266 g/mol. The quantitative estimate of drug-likeness (QED) is 0.716. The van der Waals surface area contributed by atoms with E-state index in [0.717, 1.165) is 6.42 Å². The molecule has 5 nitrogen and oxygen atoms in total. The molecule has 1 amide bonds. The molecule has 1 aromatic heterocycles. The van der Waals surface area contributed by atoms with Gasteiger partial charge in [-0.3, -0.25) is 4.79 Å². The highest BCUT2D eigenvalue weighted by Gasteiger charge is 2.12. The van der Waals surface area contributed by atoms with Crippen molar-refractivity contribution in [3.8, 4) is 0 Å². The summed E-state index contributed by atoms with van der Waals surface area (Å²) in [4.78, 5) is 18.7. The molecule has 1 aromatic carbocycles. The number of hydrogen-bond donors (Lipinski definition) is 3. The normalized spacial score (nSPS) is 12.1. The first-order valence-corrected chi connectivity index (χ1v) is 7.09. The Bertz CT molecular complexity index is 567. The van der Waals surface area contributed by atoms with Crippen LogP contribution >= 0.6 is 0 Å². The Morgan fingerprint density at radius 2 is 2.24 bits per heavy atom. The van der Waals surface area contributed by atoms with Crippen LogP contribution in [0.5, 0.6) is 0 Å². The summed E-state index contributed by atoms with van der Waals surface area (Å²) in [6, 6.07) is 8.10. The number of aromatic nitrogens is 2. The van der Waals surface area contributed by atoms with Gasteiger partial charge in [-0.1, -0.05) is 24.3 Å². The van der Waals surface area contributed by atoms with E-state index in [2.05, 4.69) is 34.3 Å². The molecule has 0 radical (unpaired) electrons. The van der Waals surface area contributed by atoms with Gasteiger partial charge in [-0.2, -0.15) is 0 Å². The van der Waals surface area contributed by atoms with E-state index in [-0.39, 0.29) is 24.9 Å². The first-order valence-electron chi connectivity index (χ1n) is 7.09. The molecular formula is C16H21N3O2. The third kappa shape index (κ3) is 4.72. The molecule has 0 aliphatic heterocycles. The lowest BCUT2D eigenvalue weighted by atomic mass is 9.96. The fraction of sp³-hybridized carbons (Fsp3) is 0.375. The highest BCUT2D eigenvalue weighted by molar-refractivity contribution is 5.77. The molecule has 21 heavy (non-hydrogen) atoms. The number of aliphatic hydroxyl groups is 1. The maximum Gasteiger partial charge on any atom is 0.227 e. The average molecular weight is 287 g/mol. The van der Waals surface area contributed by atoms with Crippen molar-refractivity contribution >= 4 is 5.91 Å². The number of H-pyrrole nitrogens is 1. The number of aliphatic hydroxyl groups excluding tert-OH is 1. The first-order chi connectivity index (χ1) is 10.2. The molecule has 3 N–H and O–H groups in total. The third-order valence-corrected chi connectivity index (χ3v) is 3.50. The summed E-state index contributed by atoms with van der Waals surface area (Å²) >= 11 is 0. The number of nitrogens with one attached hydrogen (secondary N) is 2. The molecule has 112 valence electrons. The van der Waals surface area contributed by atoms with Gasteiger partial charge < -0.3 is 15.4 Å². The van der Waals surface area contributed by atoms with E-state index in [4.69, 9.17) is 0 Å². The number of amides is 1. The number of carbonyl (C=O) groups excluding carboxylic acids is 1. The molecule has 0 saturated heterocycles. The van der Waals surface area contributed by atoms with Crippen LogP contribution in [0.25, 0.3) is 0 Å². The van der Waals surface area contributed by atoms with Crippen LogP contribution < -0.4 is 5.32 Å². The summed E-state index contributed by atoms with van der Waals surface area (Å²) in [7, 11) is 0. The van der Waals surface area contributed by atoms with E-state index in [1.807, 2.05) is 12.1 Å². The van der Waals surface area contributed by atoms with Crippen LogP contribution in [0.15, 0.2) is 36.7 Å². The predicted octanol–water partition coefficient (Wildman–Crippen LogP) is 1.23. The Labute approximate surface area is 124 Å². The Hall–Kier alpha value is -2.14. The fourth-order valence-electron chi connectivity index (χ4n) is 2.22. The van der Waals surface area contributed by atoms with Gasteiger partial charge >= 0.3 is 0 Å². The van der Waals surface area contributed by atoms with Crippen LogP contribution in [0.4, 0.5) is 0 Å². The van der Waals surface area contributed by atoms with Crippen molar-refractivity contribution in [2.45, 2.75) is 19.8 Å². The standard InChI is InChI=1S/C16H21N3O2/c1-12-4-2-3-5-14(12)8-13(11-20)10-19-16(21)9-15-17-6-7-18-15/h2-7,13,20H,8-11H2,1H3,(H,17,18)(H,19,21)/t13-/m0/s1. The van der Waals surface area contributed by atoms with Gasteiger partial charge in [-0.25, -0.2) is 4.98 Å². The van der Waals surface area contributed by atoms with Crippen LogP contribution in [0, 0.1) is 12.8 Å². The first kappa shape index (κ1) is 15.3. The van der Waals surface area contributed by atoms with Gasteiger partial charge in [0, 0.05) is 31.5 Å². The van der Waals surface area contributed by atoms with Crippen molar-refractivity contribution in [2.75, 3.05) is 13.2 Å². The van der Waals surface area contributed by atoms with Crippen molar-refractivity contribution in [2.24, 2.45) is 5.92 Å². The molecule has 5 heteroatoms. The molecule has 2 rings (SSSR count). The molecule has 0 unspecified atom stereocenters. The van der Waals surface area contributed by atoms with Gasteiger partial charge in [0.25, 0.3) is 0 Å².